The summed E-state index contributed by atoms with van der Waals surface area (Å²) in [5.41, 5.74) is 8.68. The van der Waals surface area contributed by atoms with Gasteiger partial charge in [0.2, 0.25) is 0 Å². The van der Waals surface area contributed by atoms with Gasteiger partial charge in [-0.25, -0.2) is 5.53 Å². The van der Waals surface area contributed by atoms with E-state index in [-0.39, 0.29) is 6.61 Å². The Bertz CT molecular complexity index is 716. The highest BCUT2D eigenvalue weighted by molar-refractivity contribution is 6.34. The van der Waals surface area contributed by atoms with Gasteiger partial charge in [-0.05, 0) is 42.5 Å². The van der Waals surface area contributed by atoms with Crippen LogP contribution >= 0.6 is 0 Å². The molecule has 0 heterocycles. The Kier molecular flexibility index (Phi) is 5.83. The Hall–Kier alpha value is -2.73. The molecule has 0 aliphatic carbocycles. The van der Waals surface area contributed by atoms with E-state index >= 15 is 0 Å². The zero-order chi connectivity index (χ0) is 16.7. The van der Waals surface area contributed by atoms with E-state index in [1.54, 1.807) is 42.5 Å². The van der Waals surface area contributed by atoms with Crippen LogP contribution < -0.4 is 4.74 Å². The van der Waals surface area contributed by atoms with Gasteiger partial charge in [0.1, 0.15) is 11.5 Å². The second-order valence-electron chi connectivity index (χ2n) is 4.49. The molecule has 116 valence electrons. The highest BCUT2D eigenvalue weighted by atomic mass is 16.7. The van der Waals surface area contributed by atoms with Crippen LogP contribution in [0, 0.1) is 16.9 Å². The molecule has 0 amide bonds. The summed E-state index contributed by atoms with van der Waals surface area (Å²) in [6.07, 6.45) is 0. The molecular formula is C15H14BN3O4. The standard InChI is InChI=1S/C15H14BN3O4/c1-21-16(20)22-10-12-8-14(6-7-15(12)19-18)23-13-4-2-11(9-17)3-5-13/h2-8,18,20H,10H2,1H3. The topological polar surface area (TPSA) is 108 Å². The zero-order valence-corrected chi connectivity index (χ0v) is 12.4. The summed E-state index contributed by atoms with van der Waals surface area (Å²) >= 11 is 0. The molecular weight excluding hydrogens is 297 g/mol. The average Bonchev–Trinajstić information content (AvgIpc) is 2.60. The summed E-state index contributed by atoms with van der Waals surface area (Å²) in [5, 5.41) is 21.4. The lowest BCUT2D eigenvalue weighted by Crippen LogP contribution is -2.20. The summed E-state index contributed by atoms with van der Waals surface area (Å²) in [6.45, 7) is 0.0112. The molecule has 0 saturated carbocycles. The van der Waals surface area contributed by atoms with Crippen molar-refractivity contribution in [2.24, 2.45) is 5.11 Å². The third-order valence-corrected chi connectivity index (χ3v) is 2.97. The van der Waals surface area contributed by atoms with Crippen molar-refractivity contribution >= 4 is 13.0 Å². The summed E-state index contributed by atoms with van der Waals surface area (Å²) in [6, 6.07) is 13.7. The minimum Gasteiger partial charge on any atom is -0.457 e. The number of nitrogens with zero attached hydrogens (tertiary/aromatic N) is 2. The maximum Gasteiger partial charge on any atom is 0.636 e. The van der Waals surface area contributed by atoms with Crippen LogP contribution in [-0.2, 0) is 15.9 Å². The quantitative estimate of drug-likeness (QED) is 0.603. The molecule has 0 bridgehead atoms. The summed E-state index contributed by atoms with van der Waals surface area (Å²) in [5.74, 6) is 1.09. The van der Waals surface area contributed by atoms with Crippen LogP contribution in [0.5, 0.6) is 11.5 Å². The van der Waals surface area contributed by atoms with E-state index < -0.39 is 7.32 Å². The van der Waals surface area contributed by atoms with Gasteiger partial charge in [-0.1, -0.05) is 0 Å². The molecule has 2 aromatic rings. The van der Waals surface area contributed by atoms with Gasteiger partial charge in [0.15, 0.2) is 0 Å². The van der Waals surface area contributed by atoms with Crippen molar-refractivity contribution in [3.05, 3.63) is 53.6 Å². The molecule has 2 aromatic carbocycles. The SMILES string of the molecule is COB(O)OCc1cc(Oc2ccc(C#N)cc2)ccc1N=N. The number of hydrogen-bond donors (Lipinski definition) is 2. The van der Waals surface area contributed by atoms with E-state index in [1.165, 1.54) is 7.11 Å². The van der Waals surface area contributed by atoms with Crippen LogP contribution in [0.15, 0.2) is 47.6 Å². The lowest BCUT2D eigenvalue weighted by atomic mass is 10.1. The number of rotatable bonds is 7. The van der Waals surface area contributed by atoms with Crippen molar-refractivity contribution in [1.82, 2.24) is 0 Å². The maximum atomic E-state index is 9.26. The van der Waals surface area contributed by atoms with Crippen molar-refractivity contribution in [2.45, 2.75) is 6.61 Å². The van der Waals surface area contributed by atoms with Gasteiger partial charge < -0.3 is 19.1 Å². The van der Waals surface area contributed by atoms with Gasteiger partial charge in [-0.3, -0.25) is 0 Å². The number of hydrogen-bond acceptors (Lipinski definition) is 7. The zero-order valence-electron chi connectivity index (χ0n) is 12.4. The first-order valence-corrected chi connectivity index (χ1v) is 6.67. The van der Waals surface area contributed by atoms with Crippen molar-refractivity contribution in [2.75, 3.05) is 7.11 Å². The Morgan fingerprint density at radius 2 is 1.91 bits per heavy atom. The molecule has 0 aromatic heterocycles. The van der Waals surface area contributed by atoms with Gasteiger partial charge in [0.25, 0.3) is 0 Å². The van der Waals surface area contributed by atoms with Crippen molar-refractivity contribution in [1.29, 1.82) is 10.8 Å². The van der Waals surface area contributed by atoms with E-state index in [0.29, 0.717) is 28.3 Å². The molecule has 8 heteroatoms. The normalized spacial score (nSPS) is 9.96. The minimum atomic E-state index is -1.35. The van der Waals surface area contributed by atoms with Crippen molar-refractivity contribution in [3.8, 4) is 17.6 Å². The Balaban J connectivity index is 2.15. The van der Waals surface area contributed by atoms with Gasteiger partial charge >= 0.3 is 7.32 Å². The summed E-state index contributed by atoms with van der Waals surface area (Å²) in [7, 11) is -0.0399. The smallest absolute Gasteiger partial charge is 0.457 e. The van der Waals surface area contributed by atoms with E-state index in [9.17, 15) is 5.02 Å². The molecule has 0 aliphatic rings. The van der Waals surface area contributed by atoms with Crippen molar-refractivity contribution < 1.29 is 19.1 Å². The summed E-state index contributed by atoms with van der Waals surface area (Å²) in [4.78, 5) is 0. The largest absolute Gasteiger partial charge is 0.636 e. The Labute approximate surface area is 133 Å². The summed E-state index contributed by atoms with van der Waals surface area (Å²) < 4.78 is 15.3. The molecule has 23 heavy (non-hydrogen) atoms. The molecule has 0 saturated heterocycles. The molecule has 0 aliphatic heterocycles. The fourth-order valence-corrected chi connectivity index (χ4v) is 1.81. The minimum absolute atomic E-state index is 0.0112. The average molecular weight is 311 g/mol. The van der Waals surface area contributed by atoms with E-state index in [0.717, 1.165) is 0 Å². The lowest BCUT2D eigenvalue weighted by Gasteiger charge is -2.11. The lowest BCUT2D eigenvalue weighted by molar-refractivity contribution is 0.151. The molecule has 2 N–H and O–H groups in total. The fraction of sp³-hybridized carbons (Fsp3) is 0.133. The van der Waals surface area contributed by atoms with Crippen LogP contribution in [-0.4, -0.2) is 19.5 Å². The molecule has 7 nitrogen and oxygen atoms in total. The van der Waals surface area contributed by atoms with E-state index in [1.807, 2.05) is 6.07 Å². The third kappa shape index (κ3) is 4.62. The first-order valence-electron chi connectivity index (χ1n) is 6.67. The van der Waals surface area contributed by atoms with Crippen LogP contribution in [0.25, 0.3) is 0 Å². The van der Waals surface area contributed by atoms with Crippen LogP contribution in [0.3, 0.4) is 0 Å². The number of ether oxygens (including phenoxy) is 1. The van der Waals surface area contributed by atoms with Gasteiger partial charge in [0.05, 0.1) is 23.9 Å². The van der Waals surface area contributed by atoms with Gasteiger partial charge in [-0.15, -0.1) is 0 Å². The van der Waals surface area contributed by atoms with Gasteiger partial charge in [0, 0.05) is 12.7 Å². The Morgan fingerprint density at radius 3 is 2.52 bits per heavy atom. The van der Waals surface area contributed by atoms with Crippen LogP contribution in [0.1, 0.15) is 11.1 Å². The van der Waals surface area contributed by atoms with Crippen LogP contribution in [0.2, 0.25) is 0 Å². The number of nitrogens with one attached hydrogen (secondary N) is 1. The molecule has 0 unspecified atom stereocenters. The molecule has 0 atom stereocenters. The number of benzene rings is 2. The molecule has 0 spiro atoms. The number of nitriles is 1. The van der Waals surface area contributed by atoms with E-state index in [4.69, 9.17) is 20.2 Å². The molecule has 2 rings (SSSR count). The highest BCUT2D eigenvalue weighted by Gasteiger charge is 2.14. The maximum absolute atomic E-state index is 9.26. The first kappa shape index (κ1) is 16.6. The second-order valence-corrected chi connectivity index (χ2v) is 4.49. The second kappa shape index (κ2) is 8.05. The first-order chi connectivity index (χ1) is 11.2. The van der Waals surface area contributed by atoms with E-state index in [2.05, 4.69) is 9.77 Å². The molecule has 0 fully saturated rings. The fourth-order valence-electron chi connectivity index (χ4n) is 1.81. The third-order valence-electron chi connectivity index (χ3n) is 2.97. The van der Waals surface area contributed by atoms with Gasteiger partial charge in [-0.2, -0.15) is 10.4 Å². The predicted octanol–water partition coefficient (Wildman–Crippen LogP) is 3.15. The highest BCUT2D eigenvalue weighted by Crippen LogP contribution is 2.28. The van der Waals surface area contributed by atoms with Crippen molar-refractivity contribution in [3.63, 3.8) is 0 Å². The monoisotopic (exact) mass is 311 g/mol. The predicted molar refractivity (Wildman–Crippen MR) is 82.3 cm³/mol. The van der Waals surface area contributed by atoms with Crippen LogP contribution in [0.4, 0.5) is 5.69 Å². The Morgan fingerprint density at radius 1 is 1.22 bits per heavy atom. The molecule has 0 radical (unpaired) electrons.